The lowest BCUT2D eigenvalue weighted by Crippen LogP contribution is -2.26. The molecular weight excluding hydrogens is 228 g/mol. The zero-order valence-electron chi connectivity index (χ0n) is 11.0. The predicted octanol–water partition coefficient (Wildman–Crippen LogP) is 1.92. The van der Waals surface area contributed by atoms with Crippen molar-refractivity contribution in [2.45, 2.75) is 44.8 Å². The maximum Gasteiger partial charge on any atom is 0.138 e. The fraction of sp³-hybridized carbons (Fsp3) is 0.643. The van der Waals surface area contributed by atoms with Crippen molar-refractivity contribution in [3.8, 4) is 5.75 Å². The summed E-state index contributed by atoms with van der Waals surface area (Å²) in [6.07, 6.45) is 5.79. The van der Waals surface area contributed by atoms with Crippen LogP contribution in [-0.2, 0) is 11.2 Å². The van der Waals surface area contributed by atoms with Crippen LogP contribution in [0.5, 0.6) is 5.75 Å². The second-order valence-electron chi connectivity index (χ2n) is 4.79. The first-order valence-corrected chi connectivity index (χ1v) is 6.73. The van der Waals surface area contributed by atoms with Gasteiger partial charge in [0.2, 0.25) is 0 Å². The number of aromatic nitrogens is 1. The first-order chi connectivity index (χ1) is 8.78. The van der Waals surface area contributed by atoms with Crippen molar-refractivity contribution in [1.82, 2.24) is 4.98 Å². The van der Waals surface area contributed by atoms with Crippen LogP contribution in [-0.4, -0.2) is 30.3 Å². The standard InChI is InChI=1S/C14H22N2O2/c1-2-11(15)9-12-3-4-14(10-16-12)18-13-5-7-17-8-6-13/h3-4,10-11,13H,2,5-9,15H2,1H3. The molecule has 2 heterocycles. The average Bonchev–Trinajstić information content (AvgIpc) is 2.42. The summed E-state index contributed by atoms with van der Waals surface area (Å²) in [5.74, 6) is 0.843. The third-order valence-electron chi connectivity index (χ3n) is 3.26. The van der Waals surface area contributed by atoms with Crippen molar-refractivity contribution >= 4 is 0 Å². The van der Waals surface area contributed by atoms with E-state index in [1.807, 2.05) is 12.1 Å². The topological polar surface area (TPSA) is 57.4 Å². The Morgan fingerprint density at radius 3 is 2.83 bits per heavy atom. The molecule has 0 radical (unpaired) electrons. The molecule has 1 unspecified atom stereocenters. The largest absolute Gasteiger partial charge is 0.489 e. The van der Waals surface area contributed by atoms with Crippen molar-refractivity contribution in [3.63, 3.8) is 0 Å². The number of nitrogens with two attached hydrogens (primary N) is 1. The van der Waals surface area contributed by atoms with Gasteiger partial charge < -0.3 is 15.2 Å². The van der Waals surface area contributed by atoms with E-state index >= 15 is 0 Å². The van der Waals surface area contributed by atoms with E-state index in [4.69, 9.17) is 15.2 Å². The average molecular weight is 250 g/mol. The Morgan fingerprint density at radius 1 is 1.44 bits per heavy atom. The zero-order valence-corrected chi connectivity index (χ0v) is 11.0. The normalized spacial score (nSPS) is 18.6. The molecular formula is C14H22N2O2. The number of pyridine rings is 1. The van der Waals surface area contributed by atoms with Crippen LogP contribution in [0.3, 0.4) is 0 Å². The smallest absolute Gasteiger partial charge is 0.138 e. The van der Waals surface area contributed by atoms with Gasteiger partial charge in [0.25, 0.3) is 0 Å². The third-order valence-corrected chi connectivity index (χ3v) is 3.26. The molecule has 100 valence electrons. The molecule has 0 aromatic carbocycles. The summed E-state index contributed by atoms with van der Waals surface area (Å²) < 4.78 is 11.2. The lowest BCUT2D eigenvalue weighted by molar-refractivity contribution is 0.0254. The number of hydrogen-bond acceptors (Lipinski definition) is 4. The van der Waals surface area contributed by atoms with Crippen LogP contribution in [0.25, 0.3) is 0 Å². The quantitative estimate of drug-likeness (QED) is 0.867. The molecule has 2 rings (SSSR count). The van der Waals surface area contributed by atoms with E-state index < -0.39 is 0 Å². The first kappa shape index (κ1) is 13.3. The van der Waals surface area contributed by atoms with Gasteiger partial charge in [0, 0.05) is 31.0 Å². The minimum atomic E-state index is 0.194. The highest BCUT2D eigenvalue weighted by Crippen LogP contribution is 2.17. The van der Waals surface area contributed by atoms with Gasteiger partial charge >= 0.3 is 0 Å². The number of rotatable bonds is 5. The van der Waals surface area contributed by atoms with E-state index in [9.17, 15) is 0 Å². The van der Waals surface area contributed by atoms with Gasteiger partial charge in [0.05, 0.1) is 19.4 Å². The minimum absolute atomic E-state index is 0.194. The van der Waals surface area contributed by atoms with E-state index in [2.05, 4.69) is 11.9 Å². The summed E-state index contributed by atoms with van der Waals surface area (Å²) >= 11 is 0. The number of hydrogen-bond donors (Lipinski definition) is 1. The molecule has 1 aliphatic heterocycles. The maximum atomic E-state index is 5.91. The maximum absolute atomic E-state index is 5.91. The van der Waals surface area contributed by atoms with E-state index in [0.29, 0.717) is 0 Å². The molecule has 1 fully saturated rings. The van der Waals surface area contributed by atoms with Gasteiger partial charge in [0.1, 0.15) is 11.9 Å². The predicted molar refractivity (Wildman–Crippen MR) is 70.7 cm³/mol. The highest BCUT2D eigenvalue weighted by Gasteiger charge is 2.15. The third kappa shape index (κ3) is 3.96. The van der Waals surface area contributed by atoms with Crippen LogP contribution in [0.15, 0.2) is 18.3 Å². The molecule has 0 amide bonds. The number of nitrogens with zero attached hydrogens (tertiary/aromatic N) is 1. The molecule has 4 nitrogen and oxygen atoms in total. The van der Waals surface area contributed by atoms with Gasteiger partial charge in [-0.05, 0) is 18.6 Å². The Labute approximate surface area is 108 Å². The van der Waals surface area contributed by atoms with Crippen molar-refractivity contribution in [1.29, 1.82) is 0 Å². The van der Waals surface area contributed by atoms with Crippen molar-refractivity contribution in [2.24, 2.45) is 5.73 Å². The monoisotopic (exact) mass is 250 g/mol. The fourth-order valence-corrected chi connectivity index (χ4v) is 2.00. The molecule has 1 aromatic heterocycles. The van der Waals surface area contributed by atoms with Gasteiger partial charge in [-0.1, -0.05) is 6.92 Å². The van der Waals surface area contributed by atoms with E-state index in [0.717, 1.165) is 50.3 Å². The van der Waals surface area contributed by atoms with Gasteiger partial charge in [-0.2, -0.15) is 0 Å². The second-order valence-corrected chi connectivity index (χ2v) is 4.79. The molecule has 0 bridgehead atoms. The molecule has 0 spiro atoms. The van der Waals surface area contributed by atoms with Crippen molar-refractivity contribution < 1.29 is 9.47 Å². The molecule has 1 atom stereocenters. The minimum Gasteiger partial charge on any atom is -0.489 e. The highest BCUT2D eigenvalue weighted by atomic mass is 16.5. The molecule has 1 aliphatic rings. The lowest BCUT2D eigenvalue weighted by atomic mass is 10.1. The summed E-state index contributed by atoms with van der Waals surface area (Å²) in [6.45, 7) is 3.68. The van der Waals surface area contributed by atoms with E-state index in [-0.39, 0.29) is 12.1 Å². The van der Waals surface area contributed by atoms with Gasteiger partial charge in [0.15, 0.2) is 0 Å². The molecule has 0 aliphatic carbocycles. The van der Waals surface area contributed by atoms with E-state index in [1.54, 1.807) is 6.20 Å². The zero-order chi connectivity index (χ0) is 12.8. The Morgan fingerprint density at radius 2 is 2.22 bits per heavy atom. The summed E-state index contributed by atoms with van der Waals surface area (Å²) in [4.78, 5) is 4.40. The first-order valence-electron chi connectivity index (χ1n) is 6.73. The Hall–Kier alpha value is -1.13. The summed E-state index contributed by atoms with van der Waals surface area (Å²) in [7, 11) is 0. The molecule has 18 heavy (non-hydrogen) atoms. The molecule has 4 heteroatoms. The highest BCUT2D eigenvalue weighted by molar-refractivity contribution is 5.20. The molecule has 0 saturated carbocycles. The van der Waals surface area contributed by atoms with E-state index in [1.165, 1.54) is 0 Å². The van der Waals surface area contributed by atoms with Crippen LogP contribution >= 0.6 is 0 Å². The summed E-state index contributed by atoms with van der Waals surface area (Å²) in [6, 6.07) is 4.18. The Balaban J connectivity index is 1.86. The van der Waals surface area contributed by atoms with Gasteiger partial charge in [-0.15, -0.1) is 0 Å². The van der Waals surface area contributed by atoms with Gasteiger partial charge in [-0.3, -0.25) is 4.98 Å². The molecule has 2 N–H and O–H groups in total. The van der Waals surface area contributed by atoms with Crippen LogP contribution in [0, 0.1) is 0 Å². The fourth-order valence-electron chi connectivity index (χ4n) is 2.00. The van der Waals surface area contributed by atoms with Crippen LogP contribution in [0.2, 0.25) is 0 Å². The second kappa shape index (κ2) is 6.71. The SMILES string of the molecule is CCC(N)Cc1ccc(OC2CCOCC2)cn1. The lowest BCUT2D eigenvalue weighted by Gasteiger charge is -2.23. The molecule has 1 aromatic rings. The number of ether oxygens (including phenoxy) is 2. The Kier molecular flexibility index (Phi) is 4.96. The van der Waals surface area contributed by atoms with Crippen LogP contribution in [0.1, 0.15) is 31.9 Å². The van der Waals surface area contributed by atoms with Crippen LogP contribution in [0.4, 0.5) is 0 Å². The molecule has 1 saturated heterocycles. The summed E-state index contributed by atoms with van der Waals surface area (Å²) in [5, 5.41) is 0. The Bertz CT molecular complexity index is 347. The van der Waals surface area contributed by atoms with Gasteiger partial charge in [-0.25, -0.2) is 0 Å². The van der Waals surface area contributed by atoms with Crippen LogP contribution < -0.4 is 10.5 Å². The summed E-state index contributed by atoms with van der Waals surface area (Å²) in [5.41, 5.74) is 6.94. The van der Waals surface area contributed by atoms with Crippen molar-refractivity contribution in [3.05, 3.63) is 24.0 Å². The van der Waals surface area contributed by atoms with Crippen molar-refractivity contribution in [2.75, 3.05) is 13.2 Å².